The first-order valence-corrected chi connectivity index (χ1v) is 19.5. The Kier molecular flexibility index (Phi) is 8.97. The van der Waals surface area contributed by atoms with E-state index in [9.17, 15) is 0 Å². The molecule has 3 nitrogen and oxygen atoms in total. The van der Waals surface area contributed by atoms with E-state index in [2.05, 4.69) is 141 Å². The van der Waals surface area contributed by atoms with Gasteiger partial charge >= 0.3 is 0 Å². The Balaban J connectivity index is 0.000000390. The average Bonchev–Trinajstić information content (AvgIpc) is 3.80. The molecule has 2 aromatic heterocycles. The van der Waals surface area contributed by atoms with Crippen LogP contribution >= 0.6 is 11.3 Å². The van der Waals surface area contributed by atoms with Crippen LogP contribution in [0, 0.1) is 18.3 Å². The van der Waals surface area contributed by atoms with Crippen LogP contribution in [0.5, 0.6) is 0 Å². The molecule has 266 valence electrons. The van der Waals surface area contributed by atoms with Gasteiger partial charge in [-0.3, -0.25) is 5.41 Å². The smallest absolute Gasteiger partial charge is 0.135 e. The van der Waals surface area contributed by atoms with Crippen LogP contribution in [0.25, 0.3) is 64.7 Å². The number of hydrogen-bond donors (Lipinski definition) is 2. The summed E-state index contributed by atoms with van der Waals surface area (Å²) in [7, 11) is 0. The lowest BCUT2D eigenvalue weighted by molar-refractivity contribution is 0.572. The molecule has 0 amide bonds. The van der Waals surface area contributed by atoms with Crippen LogP contribution in [0.15, 0.2) is 169 Å². The summed E-state index contributed by atoms with van der Waals surface area (Å²) in [6.07, 6.45) is 6.52. The lowest BCUT2D eigenvalue weighted by atomic mass is 9.86. The number of fused-ring (bicyclic) bond motifs is 7. The monoisotopic (exact) mass is 728 g/mol. The van der Waals surface area contributed by atoms with Gasteiger partial charge in [-0.2, -0.15) is 0 Å². The van der Waals surface area contributed by atoms with E-state index in [1.807, 2.05) is 47.7 Å². The van der Waals surface area contributed by atoms with Crippen molar-refractivity contribution in [3.63, 3.8) is 0 Å². The number of thiophene rings is 1. The van der Waals surface area contributed by atoms with E-state index in [-0.39, 0.29) is 5.84 Å². The van der Waals surface area contributed by atoms with E-state index in [0.29, 0.717) is 5.92 Å². The van der Waals surface area contributed by atoms with Crippen molar-refractivity contribution >= 4 is 70.7 Å². The molecule has 55 heavy (non-hydrogen) atoms. The minimum atomic E-state index is 0.121. The summed E-state index contributed by atoms with van der Waals surface area (Å²) < 4.78 is 8.81. The van der Waals surface area contributed by atoms with E-state index < -0.39 is 0 Å². The highest BCUT2D eigenvalue weighted by molar-refractivity contribution is 7.25. The summed E-state index contributed by atoms with van der Waals surface area (Å²) in [5.41, 5.74) is 16.9. The van der Waals surface area contributed by atoms with Crippen molar-refractivity contribution in [3.05, 3.63) is 203 Å². The summed E-state index contributed by atoms with van der Waals surface area (Å²) in [6, 6.07) is 53.2. The molecular weight excluding hydrogens is 689 g/mol. The predicted octanol–water partition coefficient (Wildman–Crippen LogP) is 13.4. The normalized spacial score (nSPS) is 13.5. The molecule has 0 spiro atoms. The summed E-state index contributed by atoms with van der Waals surface area (Å²) >= 11 is 1.89. The number of allylic oxidation sites excluding steroid dienone is 1. The fraction of sp³-hybridized carbons (Fsp3) is 0.0784. The molecule has 0 radical (unpaired) electrons. The number of hydrogen-bond acceptors (Lipinski definition) is 3. The topological polar surface area (TPSA) is 63.0 Å². The maximum atomic E-state index is 7.01. The van der Waals surface area contributed by atoms with Gasteiger partial charge in [0.2, 0.25) is 0 Å². The number of rotatable bonds is 6. The van der Waals surface area contributed by atoms with E-state index in [1.54, 1.807) is 0 Å². The molecule has 1 atom stereocenters. The quantitative estimate of drug-likeness (QED) is 0.132. The number of furan rings is 1. The molecule has 3 N–H and O–H groups in total. The van der Waals surface area contributed by atoms with Crippen LogP contribution < -0.4 is 5.73 Å². The van der Waals surface area contributed by atoms with Crippen molar-refractivity contribution in [2.24, 2.45) is 11.7 Å². The Bertz CT molecular complexity index is 2950. The standard InChI is InChI=1S/C44H32OS.C7H8N2/c1-27(34-13-5-6-14-36(34)35-21-19-30-10-3-4-12-33(30)28(35)2)31-20-23-42-39(26-31)44-32(11-9-17-43(44)46-42)24-29-18-22-41-38(25-29)37-15-7-8-16-40(37)45-41;8-7(9)6-4-2-1-3-5-6/h3-23,26,29H,1,24-25H2,2H3;1-5H,(H3,8,9). The molecule has 0 aliphatic heterocycles. The summed E-state index contributed by atoms with van der Waals surface area (Å²) in [5.74, 6) is 1.55. The first-order valence-electron chi connectivity index (χ1n) is 18.7. The molecule has 2 heterocycles. The fourth-order valence-electron chi connectivity index (χ4n) is 8.17. The third-order valence-electron chi connectivity index (χ3n) is 11.0. The number of benzene rings is 7. The Labute approximate surface area is 325 Å². The van der Waals surface area contributed by atoms with Crippen LogP contribution in [-0.4, -0.2) is 5.84 Å². The molecule has 0 bridgehead atoms. The van der Waals surface area contributed by atoms with Crippen molar-refractivity contribution in [2.45, 2.75) is 19.8 Å². The van der Waals surface area contributed by atoms with Crippen molar-refractivity contribution < 1.29 is 4.42 Å². The molecule has 0 saturated heterocycles. The molecule has 7 aromatic carbocycles. The number of nitrogen functional groups attached to an aromatic ring is 1. The van der Waals surface area contributed by atoms with Gasteiger partial charge in [0.25, 0.3) is 0 Å². The Hall–Kier alpha value is -6.49. The maximum Gasteiger partial charge on any atom is 0.135 e. The minimum absolute atomic E-state index is 0.121. The number of para-hydroxylation sites is 1. The van der Waals surface area contributed by atoms with Gasteiger partial charge in [0, 0.05) is 36.7 Å². The Morgan fingerprint density at radius 1 is 0.727 bits per heavy atom. The number of amidine groups is 1. The van der Waals surface area contributed by atoms with Gasteiger partial charge in [-0.25, -0.2) is 0 Å². The van der Waals surface area contributed by atoms with Crippen molar-refractivity contribution in [2.75, 3.05) is 0 Å². The summed E-state index contributed by atoms with van der Waals surface area (Å²) in [6.45, 7) is 6.92. The number of aryl methyl sites for hydroxylation is 1. The fourth-order valence-corrected chi connectivity index (χ4v) is 9.30. The van der Waals surface area contributed by atoms with Gasteiger partial charge in [0.05, 0.1) is 0 Å². The lowest BCUT2D eigenvalue weighted by Crippen LogP contribution is -2.10. The van der Waals surface area contributed by atoms with Crippen LogP contribution in [-0.2, 0) is 12.8 Å². The summed E-state index contributed by atoms with van der Waals surface area (Å²) in [5, 5.41) is 13.5. The van der Waals surface area contributed by atoms with Crippen LogP contribution in [0.4, 0.5) is 0 Å². The zero-order valence-corrected chi connectivity index (χ0v) is 31.5. The molecule has 4 heteroatoms. The van der Waals surface area contributed by atoms with E-state index >= 15 is 0 Å². The van der Waals surface area contributed by atoms with Crippen LogP contribution in [0.3, 0.4) is 0 Å². The molecule has 9 aromatic rings. The second kappa shape index (κ2) is 14.4. The number of nitrogens with two attached hydrogens (primary N) is 1. The highest BCUT2D eigenvalue weighted by Gasteiger charge is 2.22. The SMILES string of the molecule is C=C(c1ccc2sc3cccc(CC4C=Cc5oc6ccccc6c5C4)c3c2c1)c1ccccc1-c1ccc2ccccc2c1C.N=C(N)c1ccccc1. The zero-order valence-electron chi connectivity index (χ0n) is 30.7. The molecule has 1 unspecified atom stereocenters. The van der Waals surface area contributed by atoms with Gasteiger partial charge in [-0.15, -0.1) is 11.3 Å². The van der Waals surface area contributed by atoms with Crippen molar-refractivity contribution in [1.29, 1.82) is 5.41 Å². The zero-order chi connectivity index (χ0) is 37.5. The van der Waals surface area contributed by atoms with E-state index in [4.69, 9.17) is 15.6 Å². The molecule has 10 rings (SSSR count). The third-order valence-corrected chi connectivity index (χ3v) is 12.1. The molecular formula is C51H40N2OS. The molecule has 1 aliphatic rings. The number of nitrogens with one attached hydrogen (secondary N) is 1. The van der Waals surface area contributed by atoms with Gasteiger partial charge in [0.15, 0.2) is 0 Å². The van der Waals surface area contributed by atoms with Gasteiger partial charge in [0.1, 0.15) is 17.2 Å². The lowest BCUT2D eigenvalue weighted by Gasteiger charge is -2.18. The average molecular weight is 729 g/mol. The second-order valence-electron chi connectivity index (χ2n) is 14.3. The minimum Gasteiger partial charge on any atom is -0.456 e. The van der Waals surface area contributed by atoms with Crippen molar-refractivity contribution in [3.8, 4) is 11.1 Å². The van der Waals surface area contributed by atoms with Gasteiger partial charge in [-0.05, 0) is 106 Å². The van der Waals surface area contributed by atoms with E-state index in [1.165, 1.54) is 75.3 Å². The molecule has 1 aliphatic carbocycles. The van der Waals surface area contributed by atoms with Crippen LogP contribution in [0.2, 0.25) is 0 Å². The Morgan fingerprint density at radius 3 is 2.33 bits per heavy atom. The Morgan fingerprint density at radius 2 is 1.49 bits per heavy atom. The molecule has 0 fully saturated rings. The van der Waals surface area contributed by atoms with Crippen molar-refractivity contribution in [1.82, 2.24) is 0 Å². The maximum absolute atomic E-state index is 7.01. The molecule has 0 saturated carbocycles. The summed E-state index contributed by atoms with van der Waals surface area (Å²) in [4.78, 5) is 0. The second-order valence-corrected chi connectivity index (χ2v) is 15.4. The highest BCUT2D eigenvalue weighted by Crippen LogP contribution is 2.42. The predicted molar refractivity (Wildman–Crippen MR) is 235 cm³/mol. The third kappa shape index (κ3) is 6.45. The van der Waals surface area contributed by atoms with Gasteiger partial charge < -0.3 is 10.2 Å². The largest absolute Gasteiger partial charge is 0.456 e. The van der Waals surface area contributed by atoms with E-state index in [0.717, 1.165) is 35.3 Å². The first-order chi connectivity index (χ1) is 26.9. The highest BCUT2D eigenvalue weighted by atomic mass is 32.1. The van der Waals surface area contributed by atoms with Gasteiger partial charge in [-0.1, -0.05) is 140 Å². The van der Waals surface area contributed by atoms with Crippen LogP contribution in [0.1, 0.15) is 39.1 Å². The first kappa shape index (κ1) is 34.3.